The van der Waals surface area contributed by atoms with E-state index in [0.29, 0.717) is 11.2 Å². The third kappa shape index (κ3) is 3.53. The molecule has 3 rings (SSSR count). The van der Waals surface area contributed by atoms with Gasteiger partial charge in [-0.15, -0.1) is 0 Å². The number of ether oxygens (including phenoxy) is 1. The second-order valence-electron chi connectivity index (χ2n) is 7.36. The lowest BCUT2D eigenvalue weighted by Gasteiger charge is -2.32. The van der Waals surface area contributed by atoms with Gasteiger partial charge in [-0.25, -0.2) is 13.4 Å². The number of sulfonamides is 1. The van der Waals surface area contributed by atoms with Gasteiger partial charge in [0.05, 0.1) is 23.6 Å². The zero-order valence-corrected chi connectivity index (χ0v) is 15.4. The van der Waals surface area contributed by atoms with E-state index in [0.717, 1.165) is 19.1 Å². The molecular weight excluding hydrogens is 331 g/mol. The average molecular weight is 354 g/mol. The fraction of sp³-hybridized carbons (Fsp3) is 0.667. The Hall–Kier alpha value is -1.32. The molecule has 9 heteroatoms. The highest BCUT2D eigenvalue weighted by Crippen LogP contribution is 2.38. The van der Waals surface area contributed by atoms with E-state index in [2.05, 4.69) is 9.71 Å². The molecule has 132 valence electrons. The van der Waals surface area contributed by atoms with Crippen LogP contribution in [0.4, 0.5) is 5.82 Å². The summed E-state index contributed by atoms with van der Waals surface area (Å²) in [6, 6.07) is 1.74. The molecule has 0 aromatic carbocycles. The molecule has 1 aliphatic carbocycles. The molecule has 24 heavy (non-hydrogen) atoms. The zero-order valence-electron chi connectivity index (χ0n) is 14.6. The molecule has 1 N–H and O–H groups in total. The Balaban J connectivity index is 1.99. The van der Waals surface area contributed by atoms with Crippen molar-refractivity contribution in [3.8, 4) is 5.75 Å². The molecule has 0 bridgehead atoms. The van der Waals surface area contributed by atoms with Crippen LogP contribution in [-0.4, -0.2) is 44.1 Å². The largest absolute Gasteiger partial charge is 0.498 e. The Morgan fingerprint density at radius 1 is 1.25 bits per heavy atom. The van der Waals surface area contributed by atoms with Gasteiger partial charge in [-0.05, 0) is 46.6 Å². The smallest absolute Gasteiger partial charge is 0.487 e. The number of aromatic nitrogens is 1. The molecule has 0 atom stereocenters. The Morgan fingerprint density at radius 3 is 2.33 bits per heavy atom. The van der Waals surface area contributed by atoms with Crippen molar-refractivity contribution in [3.05, 3.63) is 12.3 Å². The molecule has 0 radical (unpaired) electrons. The summed E-state index contributed by atoms with van der Waals surface area (Å²) in [6.45, 7) is 7.85. The Bertz CT molecular complexity index is 730. The molecule has 2 aliphatic rings. The molecule has 0 spiro atoms. The van der Waals surface area contributed by atoms with E-state index < -0.39 is 28.3 Å². The number of hydrogen-bond donors (Lipinski definition) is 1. The van der Waals surface area contributed by atoms with Crippen LogP contribution < -0.4 is 14.9 Å². The molecule has 0 unspecified atom stereocenters. The number of nitrogens with zero attached hydrogens (tertiary/aromatic N) is 1. The molecule has 2 fully saturated rings. The van der Waals surface area contributed by atoms with E-state index in [1.807, 2.05) is 27.7 Å². The number of pyridine rings is 1. The molecule has 7 nitrogen and oxygen atoms in total. The first kappa shape index (κ1) is 17.5. The van der Waals surface area contributed by atoms with Crippen molar-refractivity contribution in [1.29, 1.82) is 0 Å². The third-order valence-electron chi connectivity index (χ3n) is 4.53. The van der Waals surface area contributed by atoms with Crippen molar-refractivity contribution in [2.75, 3.05) is 11.0 Å². The van der Waals surface area contributed by atoms with Crippen LogP contribution in [0.2, 0.25) is 0 Å². The predicted molar refractivity (Wildman–Crippen MR) is 92.1 cm³/mol. The van der Waals surface area contributed by atoms with Crippen LogP contribution in [-0.2, 0) is 19.3 Å². The summed E-state index contributed by atoms with van der Waals surface area (Å²) in [7, 11) is -4.12. The second kappa shape index (κ2) is 5.61. The van der Waals surface area contributed by atoms with E-state index >= 15 is 0 Å². The molecule has 0 amide bonds. The van der Waals surface area contributed by atoms with Crippen molar-refractivity contribution < 1.29 is 22.5 Å². The number of nitrogens with one attached hydrogen (secondary N) is 1. The topological polar surface area (TPSA) is 86.8 Å². The highest BCUT2D eigenvalue weighted by molar-refractivity contribution is 7.92. The van der Waals surface area contributed by atoms with Crippen LogP contribution in [0.25, 0.3) is 0 Å². The Kier molecular flexibility index (Phi) is 4.09. The van der Waals surface area contributed by atoms with Gasteiger partial charge in [0.1, 0.15) is 0 Å². The highest BCUT2D eigenvalue weighted by atomic mass is 32.2. The molecule has 1 aliphatic heterocycles. The SMILES string of the molecule is CC1(C)OB(c2ccnc(NS(C)(=O)=O)c2OC2CC2)OC1(C)C. The first-order chi connectivity index (χ1) is 11.0. The lowest BCUT2D eigenvalue weighted by Crippen LogP contribution is -2.41. The van der Waals surface area contributed by atoms with Crippen LogP contribution >= 0.6 is 0 Å². The summed E-state index contributed by atoms with van der Waals surface area (Å²) in [6.07, 6.45) is 4.56. The first-order valence-corrected chi connectivity index (χ1v) is 9.87. The molecule has 1 saturated carbocycles. The average Bonchev–Trinajstić information content (AvgIpc) is 3.17. The van der Waals surface area contributed by atoms with Gasteiger partial charge in [0.25, 0.3) is 0 Å². The normalized spacial score (nSPS) is 22.5. The van der Waals surface area contributed by atoms with Gasteiger partial charge < -0.3 is 14.0 Å². The van der Waals surface area contributed by atoms with E-state index in [1.54, 1.807) is 6.07 Å². The summed E-state index contributed by atoms with van der Waals surface area (Å²) in [5.74, 6) is 0.542. The van der Waals surface area contributed by atoms with Crippen molar-refractivity contribution in [2.45, 2.75) is 57.8 Å². The van der Waals surface area contributed by atoms with Gasteiger partial charge >= 0.3 is 7.12 Å². The van der Waals surface area contributed by atoms with E-state index in [9.17, 15) is 8.42 Å². The predicted octanol–water partition coefficient (Wildman–Crippen LogP) is 1.29. The molecule has 1 aromatic rings. The fourth-order valence-electron chi connectivity index (χ4n) is 2.34. The monoisotopic (exact) mass is 354 g/mol. The van der Waals surface area contributed by atoms with Crippen LogP contribution in [0.1, 0.15) is 40.5 Å². The maximum atomic E-state index is 11.6. The van der Waals surface area contributed by atoms with Crippen LogP contribution in [0.5, 0.6) is 5.75 Å². The number of rotatable bonds is 5. The van der Waals surface area contributed by atoms with Gasteiger partial charge in [-0.1, -0.05) is 0 Å². The lowest BCUT2D eigenvalue weighted by molar-refractivity contribution is 0.00578. The minimum absolute atomic E-state index is 0.0792. The van der Waals surface area contributed by atoms with E-state index in [-0.39, 0.29) is 11.9 Å². The van der Waals surface area contributed by atoms with Crippen LogP contribution in [0.15, 0.2) is 12.3 Å². The van der Waals surface area contributed by atoms with Crippen LogP contribution in [0.3, 0.4) is 0 Å². The van der Waals surface area contributed by atoms with E-state index in [4.69, 9.17) is 14.0 Å². The maximum absolute atomic E-state index is 11.6. The Labute approximate surface area is 143 Å². The highest BCUT2D eigenvalue weighted by Gasteiger charge is 2.53. The minimum atomic E-state index is -3.48. The van der Waals surface area contributed by atoms with Crippen molar-refractivity contribution in [2.24, 2.45) is 0 Å². The second-order valence-corrected chi connectivity index (χ2v) is 9.11. The summed E-state index contributed by atoms with van der Waals surface area (Å²) in [4.78, 5) is 4.12. The van der Waals surface area contributed by atoms with Gasteiger partial charge in [0, 0.05) is 11.7 Å². The minimum Gasteiger partial charge on any atom is -0.487 e. The quantitative estimate of drug-likeness (QED) is 0.802. The van der Waals surface area contributed by atoms with Crippen molar-refractivity contribution in [1.82, 2.24) is 4.98 Å². The first-order valence-electron chi connectivity index (χ1n) is 7.97. The van der Waals surface area contributed by atoms with Crippen molar-refractivity contribution in [3.63, 3.8) is 0 Å². The van der Waals surface area contributed by atoms with Crippen molar-refractivity contribution >= 4 is 28.4 Å². The van der Waals surface area contributed by atoms with Gasteiger partial charge in [-0.2, -0.15) is 0 Å². The van der Waals surface area contributed by atoms with E-state index in [1.165, 1.54) is 6.20 Å². The summed E-state index contributed by atoms with van der Waals surface area (Å²) >= 11 is 0. The number of anilines is 1. The van der Waals surface area contributed by atoms with Gasteiger partial charge in [-0.3, -0.25) is 4.72 Å². The molecular formula is C15H23BN2O5S. The molecule has 2 heterocycles. The van der Waals surface area contributed by atoms with Gasteiger partial charge in [0.2, 0.25) is 10.0 Å². The molecule has 1 aromatic heterocycles. The fourth-order valence-corrected chi connectivity index (χ4v) is 2.84. The maximum Gasteiger partial charge on any atom is 0.498 e. The summed E-state index contributed by atoms with van der Waals surface area (Å²) in [5, 5.41) is 0. The van der Waals surface area contributed by atoms with Crippen LogP contribution in [0, 0.1) is 0 Å². The third-order valence-corrected chi connectivity index (χ3v) is 5.10. The summed E-state index contributed by atoms with van der Waals surface area (Å²) < 4.78 is 43.7. The van der Waals surface area contributed by atoms with Gasteiger partial charge in [0.15, 0.2) is 11.6 Å². The number of hydrogen-bond acceptors (Lipinski definition) is 6. The Morgan fingerprint density at radius 2 is 1.83 bits per heavy atom. The zero-order chi connectivity index (χ0) is 17.8. The summed E-state index contributed by atoms with van der Waals surface area (Å²) in [5.41, 5.74) is -0.355. The lowest BCUT2D eigenvalue weighted by atomic mass is 9.79. The molecule has 1 saturated heterocycles. The standard InChI is InChI=1S/C15H23BN2O5S/c1-14(2)15(3,4)23-16(22-14)11-8-9-17-13(18-24(5,19)20)12(11)21-10-6-7-10/h8-10H,6-7H2,1-5H3,(H,17,18).